The molecule has 0 aliphatic heterocycles. The molecule has 0 saturated carbocycles. The van der Waals surface area contributed by atoms with Gasteiger partial charge in [-0.3, -0.25) is 9.78 Å². The van der Waals surface area contributed by atoms with Crippen LogP contribution in [0.1, 0.15) is 16.7 Å². The van der Waals surface area contributed by atoms with Crippen LogP contribution < -0.4 is 4.74 Å². The van der Waals surface area contributed by atoms with Crippen molar-refractivity contribution in [3.8, 4) is 28.0 Å². The molecule has 4 nitrogen and oxygen atoms in total. The summed E-state index contributed by atoms with van der Waals surface area (Å²) in [6, 6.07) is 23.7. The van der Waals surface area contributed by atoms with Gasteiger partial charge in [-0.2, -0.15) is 13.2 Å². The molecule has 0 fully saturated rings. The van der Waals surface area contributed by atoms with Gasteiger partial charge in [-0.1, -0.05) is 66.7 Å². The summed E-state index contributed by atoms with van der Waals surface area (Å²) in [5, 5.41) is 9.09. The van der Waals surface area contributed by atoms with Gasteiger partial charge < -0.3 is 9.84 Å². The molecule has 0 aliphatic carbocycles. The molecule has 5 rings (SSSR count). The lowest BCUT2D eigenvalue weighted by Crippen LogP contribution is -2.07. The molecule has 1 heterocycles. The van der Waals surface area contributed by atoms with Gasteiger partial charge in [-0.15, -0.1) is 0 Å². The smallest absolute Gasteiger partial charge is 0.418 e. The summed E-state index contributed by atoms with van der Waals surface area (Å²) in [7, 11) is 0. The zero-order chi connectivity index (χ0) is 27.6. The molecule has 0 unspecified atom stereocenters. The number of halogens is 4. The Balaban J connectivity index is 1.59. The fraction of sp³-hybridized carbons (Fsp3) is 0.0968. The van der Waals surface area contributed by atoms with Gasteiger partial charge in [-0.05, 0) is 41.0 Å². The number of aromatic nitrogens is 1. The molecule has 0 atom stereocenters. The topological polar surface area (TPSA) is 59.4 Å². The van der Waals surface area contributed by atoms with Gasteiger partial charge in [0, 0.05) is 28.3 Å². The summed E-state index contributed by atoms with van der Waals surface area (Å²) >= 11 is 0. The molecule has 0 saturated heterocycles. The second-order valence-corrected chi connectivity index (χ2v) is 8.93. The molecule has 8 heteroatoms. The quantitative estimate of drug-likeness (QED) is 0.217. The van der Waals surface area contributed by atoms with Crippen molar-refractivity contribution >= 4 is 16.9 Å². The number of carboxylic acids is 1. The van der Waals surface area contributed by atoms with E-state index in [1.54, 1.807) is 48.5 Å². The number of ether oxygens (including phenoxy) is 1. The number of hydrogen-bond donors (Lipinski definition) is 1. The van der Waals surface area contributed by atoms with Gasteiger partial charge in [0.15, 0.2) is 0 Å². The van der Waals surface area contributed by atoms with Gasteiger partial charge in [0.25, 0.3) is 0 Å². The van der Waals surface area contributed by atoms with Gasteiger partial charge in [0.2, 0.25) is 0 Å². The van der Waals surface area contributed by atoms with E-state index in [9.17, 15) is 18.0 Å². The second-order valence-electron chi connectivity index (χ2n) is 8.93. The number of fused-ring (bicyclic) bond motifs is 1. The van der Waals surface area contributed by atoms with Crippen LogP contribution >= 0.6 is 0 Å². The van der Waals surface area contributed by atoms with Crippen molar-refractivity contribution in [2.45, 2.75) is 19.2 Å². The number of para-hydroxylation sites is 1. The minimum absolute atomic E-state index is 0.0786. The third kappa shape index (κ3) is 5.60. The standard InChI is InChI=1S/C31H21F4NO3/c32-27-14-13-22(39-18-20-11-9-19(10-12-20)15-28(37)38)16-24(27)29-23-7-4-8-26(31(33,34)35)30(23)36-17-25(29)21-5-2-1-3-6-21/h1-14,16-17H,15,18H2,(H,37,38). The molecule has 39 heavy (non-hydrogen) atoms. The Bertz CT molecular complexity index is 1650. The van der Waals surface area contributed by atoms with Crippen LogP contribution in [-0.4, -0.2) is 16.1 Å². The molecule has 5 aromatic rings. The summed E-state index contributed by atoms with van der Waals surface area (Å²) in [5.74, 6) is -1.24. The Hall–Kier alpha value is -4.72. The molecule has 0 amide bonds. The van der Waals surface area contributed by atoms with Crippen LogP contribution in [0.3, 0.4) is 0 Å². The largest absolute Gasteiger partial charge is 0.489 e. The number of aliphatic carboxylic acids is 1. The lowest BCUT2D eigenvalue weighted by molar-refractivity contribution is -0.137. The van der Waals surface area contributed by atoms with E-state index >= 15 is 4.39 Å². The van der Waals surface area contributed by atoms with E-state index in [0.29, 0.717) is 22.4 Å². The second kappa shape index (κ2) is 10.6. The highest BCUT2D eigenvalue weighted by molar-refractivity contribution is 6.03. The van der Waals surface area contributed by atoms with Crippen molar-refractivity contribution < 1.29 is 32.2 Å². The molecule has 196 valence electrons. The van der Waals surface area contributed by atoms with Crippen LogP contribution in [0.25, 0.3) is 33.2 Å². The Kier molecular flexibility index (Phi) is 7.02. The summed E-state index contributed by atoms with van der Waals surface area (Å²) in [4.78, 5) is 15.0. The molecule has 1 aromatic heterocycles. The first-order chi connectivity index (χ1) is 18.7. The highest BCUT2D eigenvalue weighted by Gasteiger charge is 2.34. The zero-order valence-electron chi connectivity index (χ0n) is 20.4. The van der Waals surface area contributed by atoms with Crippen molar-refractivity contribution in [2.75, 3.05) is 0 Å². The molecule has 1 N–H and O–H groups in total. The molecule has 0 radical (unpaired) electrons. The molecule has 0 aliphatic rings. The zero-order valence-corrected chi connectivity index (χ0v) is 20.4. The maximum atomic E-state index is 15.4. The van der Waals surface area contributed by atoms with E-state index in [1.165, 1.54) is 36.5 Å². The maximum Gasteiger partial charge on any atom is 0.418 e. The number of carboxylic acid groups (broad SMARTS) is 1. The monoisotopic (exact) mass is 531 g/mol. The van der Waals surface area contributed by atoms with E-state index in [1.807, 2.05) is 6.07 Å². The summed E-state index contributed by atoms with van der Waals surface area (Å²) in [6.45, 7) is 0.124. The first kappa shape index (κ1) is 25.9. The number of nitrogens with zero attached hydrogens (tertiary/aromatic N) is 1. The average molecular weight is 532 g/mol. The van der Waals surface area contributed by atoms with Gasteiger partial charge in [-0.25, -0.2) is 4.39 Å². The van der Waals surface area contributed by atoms with E-state index in [2.05, 4.69) is 4.98 Å². The van der Waals surface area contributed by atoms with E-state index in [4.69, 9.17) is 9.84 Å². The number of hydrogen-bond acceptors (Lipinski definition) is 3. The maximum absolute atomic E-state index is 15.4. The Labute approximate surface area is 221 Å². The van der Waals surface area contributed by atoms with E-state index in [-0.39, 0.29) is 35.1 Å². The molecule has 0 spiro atoms. The molecular weight excluding hydrogens is 510 g/mol. The van der Waals surface area contributed by atoms with Gasteiger partial charge in [0.1, 0.15) is 18.2 Å². The van der Waals surface area contributed by atoms with Crippen molar-refractivity contribution in [2.24, 2.45) is 0 Å². The molecule has 0 bridgehead atoms. The first-order valence-electron chi connectivity index (χ1n) is 12.0. The fourth-order valence-electron chi connectivity index (χ4n) is 4.46. The number of carbonyl (C=O) groups is 1. The van der Waals surface area contributed by atoms with E-state index < -0.39 is 23.5 Å². The van der Waals surface area contributed by atoms with Crippen molar-refractivity contribution in [1.82, 2.24) is 4.98 Å². The Morgan fingerprint density at radius 1 is 0.846 bits per heavy atom. The SMILES string of the molecule is O=C(O)Cc1ccc(COc2ccc(F)c(-c3c(-c4ccccc4)cnc4c(C(F)(F)F)cccc34)c2)cc1. The fourth-order valence-corrected chi connectivity index (χ4v) is 4.46. The van der Waals surface area contributed by atoms with Crippen LogP contribution in [-0.2, 0) is 24.0 Å². The summed E-state index contributed by atoms with van der Waals surface area (Å²) in [5.41, 5.74) is 1.75. The average Bonchev–Trinajstić information content (AvgIpc) is 2.92. The Morgan fingerprint density at radius 3 is 2.26 bits per heavy atom. The summed E-state index contributed by atoms with van der Waals surface area (Å²) in [6.07, 6.45) is -3.39. The number of pyridine rings is 1. The van der Waals surface area contributed by atoms with Crippen LogP contribution in [0, 0.1) is 5.82 Å². The molecular formula is C31H21F4NO3. The highest BCUT2D eigenvalue weighted by Crippen LogP contribution is 2.42. The molecule has 4 aromatic carbocycles. The minimum Gasteiger partial charge on any atom is -0.489 e. The van der Waals surface area contributed by atoms with Crippen LogP contribution in [0.15, 0.2) is 97.2 Å². The van der Waals surface area contributed by atoms with Gasteiger partial charge in [0.05, 0.1) is 17.5 Å². The number of alkyl halides is 3. The number of benzene rings is 4. The predicted octanol–water partition coefficient (Wildman–Crippen LogP) is 7.93. The van der Waals surface area contributed by atoms with Crippen molar-refractivity contribution in [1.29, 1.82) is 0 Å². The lowest BCUT2D eigenvalue weighted by atomic mass is 9.91. The van der Waals surface area contributed by atoms with E-state index in [0.717, 1.165) is 11.6 Å². The Morgan fingerprint density at radius 2 is 1.56 bits per heavy atom. The lowest BCUT2D eigenvalue weighted by Gasteiger charge is -2.17. The van der Waals surface area contributed by atoms with Crippen LogP contribution in [0.5, 0.6) is 5.75 Å². The first-order valence-corrected chi connectivity index (χ1v) is 12.0. The minimum atomic E-state index is -4.64. The van der Waals surface area contributed by atoms with Crippen molar-refractivity contribution in [3.63, 3.8) is 0 Å². The third-order valence-electron chi connectivity index (χ3n) is 6.28. The van der Waals surface area contributed by atoms with Gasteiger partial charge >= 0.3 is 12.1 Å². The normalized spacial score (nSPS) is 11.5. The highest BCUT2D eigenvalue weighted by atomic mass is 19.4. The van der Waals surface area contributed by atoms with Crippen molar-refractivity contribution in [3.05, 3.63) is 120 Å². The van der Waals surface area contributed by atoms with Crippen LogP contribution in [0.4, 0.5) is 17.6 Å². The number of rotatable bonds is 7. The third-order valence-corrected chi connectivity index (χ3v) is 6.28. The van der Waals surface area contributed by atoms with Crippen LogP contribution in [0.2, 0.25) is 0 Å². The predicted molar refractivity (Wildman–Crippen MR) is 140 cm³/mol. The summed E-state index contributed by atoms with van der Waals surface area (Å²) < 4.78 is 62.7.